The molecule has 2 unspecified atom stereocenters. The molecule has 0 bridgehead atoms. The SMILES string of the molecule is C=C(C)C(=O)OCC(COC(=O)C(=C)CC(C)(C)C(=O)OCC(COC(=O)C(=C)C)OC(=O)C(=C)C)OC(=O)C(=C)C. The number of ether oxygens (including phenoxy) is 6. The molecule has 0 spiro atoms. The summed E-state index contributed by atoms with van der Waals surface area (Å²) in [5.41, 5.74) is -1.01. The molecule has 0 N–H and O–H groups in total. The lowest BCUT2D eigenvalue weighted by Gasteiger charge is -2.25. The van der Waals surface area contributed by atoms with Gasteiger partial charge in [0.05, 0.1) is 5.41 Å². The van der Waals surface area contributed by atoms with Gasteiger partial charge in [0, 0.05) is 27.9 Å². The van der Waals surface area contributed by atoms with Gasteiger partial charge in [-0.1, -0.05) is 32.9 Å². The van der Waals surface area contributed by atoms with Crippen molar-refractivity contribution in [3.8, 4) is 0 Å². The molecule has 0 rings (SSSR count). The average molecular weight is 593 g/mol. The van der Waals surface area contributed by atoms with Gasteiger partial charge in [-0.25, -0.2) is 24.0 Å². The van der Waals surface area contributed by atoms with Crippen LogP contribution in [0, 0.1) is 5.41 Å². The molecular weight excluding hydrogens is 552 g/mol. The van der Waals surface area contributed by atoms with E-state index in [1.54, 1.807) is 0 Å². The topological polar surface area (TPSA) is 158 Å². The summed E-state index contributed by atoms with van der Waals surface area (Å²) in [5.74, 6) is -4.70. The van der Waals surface area contributed by atoms with Crippen LogP contribution in [0.4, 0.5) is 0 Å². The van der Waals surface area contributed by atoms with Crippen LogP contribution in [0.3, 0.4) is 0 Å². The zero-order valence-corrected chi connectivity index (χ0v) is 25.1. The second kappa shape index (κ2) is 17.4. The highest BCUT2D eigenvalue weighted by molar-refractivity contribution is 5.90. The van der Waals surface area contributed by atoms with Gasteiger partial charge in [-0.3, -0.25) is 4.79 Å². The molecule has 0 aliphatic carbocycles. The van der Waals surface area contributed by atoms with Gasteiger partial charge < -0.3 is 28.4 Å². The Hall–Kier alpha value is -4.48. The van der Waals surface area contributed by atoms with Crippen LogP contribution in [-0.2, 0) is 57.2 Å². The van der Waals surface area contributed by atoms with E-state index in [0.717, 1.165) is 0 Å². The molecular formula is C30H40O12. The summed E-state index contributed by atoms with van der Waals surface area (Å²) < 4.78 is 30.8. The fraction of sp³-hybridized carbons (Fsp3) is 0.467. The molecule has 2 atom stereocenters. The van der Waals surface area contributed by atoms with Crippen molar-refractivity contribution in [3.63, 3.8) is 0 Å². The van der Waals surface area contributed by atoms with Crippen LogP contribution in [0.2, 0.25) is 0 Å². The molecule has 0 aromatic rings. The molecule has 0 aromatic carbocycles. The number of hydrogen-bond acceptors (Lipinski definition) is 12. The molecule has 232 valence electrons. The second-order valence-corrected chi connectivity index (χ2v) is 10.2. The fourth-order valence-corrected chi connectivity index (χ4v) is 2.63. The van der Waals surface area contributed by atoms with E-state index in [2.05, 4.69) is 32.9 Å². The summed E-state index contributed by atoms with van der Waals surface area (Å²) in [6.07, 6.45) is -2.49. The number of esters is 6. The Morgan fingerprint density at radius 3 is 1.17 bits per heavy atom. The maximum atomic E-state index is 12.8. The first-order valence-electron chi connectivity index (χ1n) is 12.7. The van der Waals surface area contributed by atoms with E-state index in [4.69, 9.17) is 28.4 Å². The quantitative estimate of drug-likeness (QED) is 0.130. The van der Waals surface area contributed by atoms with Crippen LogP contribution in [0.1, 0.15) is 48.0 Å². The lowest BCUT2D eigenvalue weighted by Crippen LogP contribution is -2.35. The zero-order valence-electron chi connectivity index (χ0n) is 25.1. The van der Waals surface area contributed by atoms with Crippen molar-refractivity contribution in [1.29, 1.82) is 0 Å². The van der Waals surface area contributed by atoms with Crippen molar-refractivity contribution < 1.29 is 57.2 Å². The first-order valence-corrected chi connectivity index (χ1v) is 12.7. The summed E-state index contributed by atoms with van der Waals surface area (Å²) >= 11 is 0. The molecule has 0 heterocycles. The first kappa shape index (κ1) is 37.5. The standard InChI is InChI=1S/C30H40O12/c1-17(2)24(31)37-13-22(41-26(33)19(5)6)15-39-28(35)21(9)12-30(10,11)29(36)40-16-23(42-27(34)20(7)8)14-38-25(32)18(3)4/h22-23H,1,3,5,7,9,12-16H2,2,4,6,8,10-11H3. The van der Waals surface area contributed by atoms with Gasteiger partial charge in [-0.05, 0) is 48.0 Å². The number of rotatable bonds is 18. The molecule has 0 aromatic heterocycles. The van der Waals surface area contributed by atoms with Crippen molar-refractivity contribution in [2.45, 2.75) is 60.2 Å². The van der Waals surface area contributed by atoms with E-state index >= 15 is 0 Å². The fourth-order valence-electron chi connectivity index (χ4n) is 2.63. The largest absolute Gasteiger partial charge is 0.461 e. The van der Waals surface area contributed by atoms with E-state index < -0.39 is 79.9 Å². The molecule has 0 saturated carbocycles. The maximum absolute atomic E-state index is 12.8. The Balaban J connectivity index is 5.23. The van der Waals surface area contributed by atoms with E-state index in [0.29, 0.717) is 0 Å². The minimum atomic E-state index is -1.30. The van der Waals surface area contributed by atoms with Crippen molar-refractivity contribution in [1.82, 2.24) is 0 Å². The summed E-state index contributed by atoms with van der Waals surface area (Å²) in [6, 6.07) is 0. The monoisotopic (exact) mass is 592 g/mol. The molecule has 0 saturated heterocycles. The molecule has 0 fully saturated rings. The Kier molecular flexibility index (Phi) is 15.5. The highest BCUT2D eigenvalue weighted by Gasteiger charge is 2.33. The van der Waals surface area contributed by atoms with Crippen LogP contribution in [0.15, 0.2) is 60.8 Å². The second-order valence-electron chi connectivity index (χ2n) is 10.2. The van der Waals surface area contributed by atoms with Gasteiger partial charge in [0.1, 0.15) is 26.4 Å². The zero-order chi connectivity index (χ0) is 32.8. The Bertz CT molecular complexity index is 1140. The summed E-state index contributed by atoms with van der Waals surface area (Å²) in [6.45, 7) is 24.4. The Morgan fingerprint density at radius 1 is 0.524 bits per heavy atom. The maximum Gasteiger partial charge on any atom is 0.333 e. The number of carbonyl (C=O) groups excluding carboxylic acids is 6. The highest BCUT2D eigenvalue weighted by atomic mass is 16.6. The summed E-state index contributed by atoms with van der Waals surface area (Å²) in [7, 11) is 0. The normalized spacial score (nSPS) is 12.0. The van der Waals surface area contributed by atoms with Crippen LogP contribution < -0.4 is 0 Å². The van der Waals surface area contributed by atoms with Crippen LogP contribution in [-0.4, -0.2) is 74.5 Å². The van der Waals surface area contributed by atoms with Crippen molar-refractivity contribution in [3.05, 3.63) is 60.8 Å². The van der Waals surface area contributed by atoms with Crippen molar-refractivity contribution in [2.75, 3.05) is 26.4 Å². The van der Waals surface area contributed by atoms with Crippen LogP contribution >= 0.6 is 0 Å². The number of hydrogen-bond donors (Lipinski definition) is 0. The molecule has 42 heavy (non-hydrogen) atoms. The molecule has 0 radical (unpaired) electrons. The van der Waals surface area contributed by atoms with E-state index in [1.165, 1.54) is 41.5 Å². The third-order valence-corrected chi connectivity index (χ3v) is 5.04. The van der Waals surface area contributed by atoms with Gasteiger partial charge >= 0.3 is 35.8 Å². The summed E-state index contributed by atoms with van der Waals surface area (Å²) in [4.78, 5) is 72.7. The Labute approximate surface area is 246 Å². The predicted octanol–water partition coefficient (Wildman–Crippen LogP) is 3.26. The number of carbonyl (C=O) groups is 6. The molecule has 12 nitrogen and oxygen atoms in total. The van der Waals surface area contributed by atoms with Crippen molar-refractivity contribution in [2.24, 2.45) is 5.41 Å². The van der Waals surface area contributed by atoms with Gasteiger partial charge in [-0.2, -0.15) is 0 Å². The molecule has 0 aliphatic rings. The minimum absolute atomic E-state index is 0.0767. The van der Waals surface area contributed by atoms with Crippen LogP contribution in [0.25, 0.3) is 0 Å². The smallest absolute Gasteiger partial charge is 0.333 e. The summed E-state index contributed by atoms with van der Waals surface area (Å²) in [5, 5.41) is 0. The van der Waals surface area contributed by atoms with Gasteiger partial charge in [-0.15, -0.1) is 0 Å². The third-order valence-electron chi connectivity index (χ3n) is 5.04. The molecule has 12 heteroatoms. The molecule has 0 aliphatic heterocycles. The van der Waals surface area contributed by atoms with Gasteiger partial charge in [0.2, 0.25) is 0 Å². The lowest BCUT2D eigenvalue weighted by atomic mass is 9.86. The first-order chi connectivity index (χ1) is 19.3. The van der Waals surface area contributed by atoms with E-state index in [-0.39, 0.29) is 34.3 Å². The lowest BCUT2D eigenvalue weighted by molar-refractivity contribution is -0.167. The highest BCUT2D eigenvalue weighted by Crippen LogP contribution is 2.27. The van der Waals surface area contributed by atoms with Gasteiger partial charge in [0.25, 0.3) is 0 Å². The van der Waals surface area contributed by atoms with Gasteiger partial charge in [0.15, 0.2) is 12.2 Å². The van der Waals surface area contributed by atoms with Crippen molar-refractivity contribution >= 4 is 35.8 Å². The van der Waals surface area contributed by atoms with E-state index in [1.807, 2.05) is 0 Å². The molecule has 0 amide bonds. The van der Waals surface area contributed by atoms with Crippen LogP contribution in [0.5, 0.6) is 0 Å². The predicted molar refractivity (Wildman–Crippen MR) is 150 cm³/mol. The van der Waals surface area contributed by atoms with E-state index in [9.17, 15) is 28.8 Å². The Morgan fingerprint density at radius 2 is 0.833 bits per heavy atom. The minimum Gasteiger partial charge on any atom is -0.461 e. The third kappa shape index (κ3) is 14.2. The average Bonchev–Trinajstić information content (AvgIpc) is 2.89.